The summed E-state index contributed by atoms with van der Waals surface area (Å²) in [6.07, 6.45) is 0.288. The van der Waals surface area contributed by atoms with Crippen LogP contribution in [0.15, 0.2) is 4.52 Å². The van der Waals surface area contributed by atoms with Crippen molar-refractivity contribution < 1.29 is 18.4 Å². The third-order valence-corrected chi connectivity index (χ3v) is 2.44. The largest absolute Gasteiger partial charge is 0.395 e. The minimum atomic E-state index is -2.45. The highest BCUT2D eigenvalue weighted by Crippen LogP contribution is 2.07. The minimum absolute atomic E-state index is 0.143. The standard InChI is InChI=1S/C11H19F2N3O2/c1-2-3-4-10-14-11(18-15-10)8-16(5-6-17)7-9(12)13/h9,17H,2-8H2,1H3. The number of nitrogens with zero attached hydrogens (tertiary/aromatic N) is 3. The Balaban J connectivity index is 2.49. The zero-order chi connectivity index (χ0) is 13.4. The molecular weight excluding hydrogens is 244 g/mol. The van der Waals surface area contributed by atoms with Crippen LogP contribution < -0.4 is 0 Å². The number of alkyl halides is 2. The Morgan fingerprint density at radius 1 is 1.44 bits per heavy atom. The average Bonchev–Trinajstić information content (AvgIpc) is 2.73. The molecule has 18 heavy (non-hydrogen) atoms. The van der Waals surface area contributed by atoms with Gasteiger partial charge in [-0.1, -0.05) is 18.5 Å². The average molecular weight is 263 g/mol. The molecule has 0 bridgehead atoms. The predicted molar refractivity (Wildman–Crippen MR) is 61.3 cm³/mol. The lowest BCUT2D eigenvalue weighted by atomic mass is 10.2. The first-order chi connectivity index (χ1) is 8.65. The third-order valence-electron chi connectivity index (χ3n) is 2.44. The molecule has 0 radical (unpaired) electrons. The van der Waals surface area contributed by atoms with E-state index in [9.17, 15) is 8.78 Å². The van der Waals surface area contributed by atoms with Gasteiger partial charge in [-0.3, -0.25) is 4.90 Å². The second kappa shape index (κ2) is 8.10. The first-order valence-electron chi connectivity index (χ1n) is 6.08. The summed E-state index contributed by atoms with van der Waals surface area (Å²) in [6.45, 7) is 1.78. The molecule has 0 fully saturated rings. The summed E-state index contributed by atoms with van der Waals surface area (Å²) >= 11 is 0. The number of hydrogen-bond acceptors (Lipinski definition) is 5. The third kappa shape index (κ3) is 5.50. The molecule has 0 aliphatic rings. The fraction of sp³-hybridized carbons (Fsp3) is 0.818. The van der Waals surface area contributed by atoms with E-state index in [-0.39, 0.29) is 19.7 Å². The second-order valence-electron chi connectivity index (χ2n) is 4.06. The molecule has 0 amide bonds. The normalized spacial score (nSPS) is 11.7. The molecule has 5 nitrogen and oxygen atoms in total. The molecule has 1 N–H and O–H groups in total. The minimum Gasteiger partial charge on any atom is -0.395 e. The highest BCUT2D eigenvalue weighted by molar-refractivity contribution is 4.86. The lowest BCUT2D eigenvalue weighted by Crippen LogP contribution is -2.31. The summed E-state index contributed by atoms with van der Waals surface area (Å²) < 4.78 is 29.6. The quantitative estimate of drug-likeness (QED) is 0.731. The van der Waals surface area contributed by atoms with E-state index in [1.165, 1.54) is 4.90 Å². The number of aromatic nitrogens is 2. The zero-order valence-corrected chi connectivity index (χ0v) is 10.5. The van der Waals surface area contributed by atoms with Crippen LogP contribution in [-0.4, -0.2) is 46.3 Å². The van der Waals surface area contributed by atoms with Gasteiger partial charge in [-0.05, 0) is 6.42 Å². The van der Waals surface area contributed by atoms with Crippen molar-refractivity contribution in [3.63, 3.8) is 0 Å². The molecule has 0 saturated carbocycles. The van der Waals surface area contributed by atoms with Gasteiger partial charge in [-0.2, -0.15) is 4.98 Å². The van der Waals surface area contributed by atoms with Crippen molar-refractivity contribution in [1.29, 1.82) is 0 Å². The molecule has 1 heterocycles. The van der Waals surface area contributed by atoms with Crippen LogP contribution in [0.4, 0.5) is 8.78 Å². The van der Waals surface area contributed by atoms with Crippen LogP contribution in [0.1, 0.15) is 31.5 Å². The van der Waals surface area contributed by atoms with E-state index in [1.54, 1.807) is 0 Å². The van der Waals surface area contributed by atoms with Gasteiger partial charge in [0.15, 0.2) is 5.82 Å². The van der Waals surface area contributed by atoms with Gasteiger partial charge in [-0.25, -0.2) is 8.78 Å². The van der Waals surface area contributed by atoms with E-state index in [2.05, 4.69) is 17.1 Å². The zero-order valence-electron chi connectivity index (χ0n) is 10.5. The van der Waals surface area contributed by atoms with Gasteiger partial charge in [0.05, 0.1) is 19.7 Å². The van der Waals surface area contributed by atoms with Gasteiger partial charge in [0, 0.05) is 13.0 Å². The molecule has 0 saturated heterocycles. The van der Waals surface area contributed by atoms with Crippen LogP contribution in [0.3, 0.4) is 0 Å². The van der Waals surface area contributed by atoms with Gasteiger partial charge in [0.25, 0.3) is 6.43 Å². The molecule has 1 rings (SSSR count). The molecular formula is C11H19F2N3O2. The van der Waals surface area contributed by atoms with Gasteiger partial charge >= 0.3 is 0 Å². The van der Waals surface area contributed by atoms with Crippen molar-refractivity contribution in [2.75, 3.05) is 19.7 Å². The Morgan fingerprint density at radius 3 is 2.83 bits per heavy atom. The fourth-order valence-electron chi connectivity index (χ4n) is 1.55. The number of hydrogen-bond donors (Lipinski definition) is 1. The number of unbranched alkanes of at least 4 members (excludes halogenated alkanes) is 1. The first kappa shape index (κ1) is 15.0. The van der Waals surface area contributed by atoms with Crippen molar-refractivity contribution in [3.8, 4) is 0 Å². The molecule has 1 aromatic rings. The monoisotopic (exact) mass is 263 g/mol. The summed E-state index contributed by atoms with van der Waals surface area (Å²) in [5.74, 6) is 0.919. The van der Waals surface area contributed by atoms with Crippen LogP contribution in [0.2, 0.25) is 0 Å². The molecule has 0 aliphatic heterocycles. The Kier molecular flexibility index (Phi) is 6.74. The summed E-state index contributed by atoms with van der Waals surface area (Å²) in [4.78, 5) is 5.52. The van der Waals surface area contributed by atoms with E-state index in [0.29, 0.717) is 11.7 Å². The Labute approximate surface area is 105 Å². The summed E-state index contributed by atoms with van der Waals surface area (Å²) in [6, 6.07) is 0. The number of rotatable bonds is 9. The Morgan fingerprint density at radius 2 is 2.22 bits per heavy atom. The highest BCUT2D eigenvalue weighted by atomic mass is 19.3. The Hall–Kier alpha value is -1.08. The predicted octanol–water partition coefficient (Wildman–Crippen LogP) is 1.47. The first-order valence-corrected chi connectivity index (χ1v) is 6.08. The number of halogens is 2. The molecule has 0 aromatic carbocycles. The van der Waals surface area contributed by atoms with E-state index in [0.717, 1.165) is 19.3 Å². The van der Waals surface area contributed by atoms with Crippen molar-refractivity contribution in [2.24, 2.45) is 0 Å². The van der Waals surface area contributed by atoms with E-state index >= 15 is 0 Å². The molecule has 0 unspecified atom stereocenters. The summed E-state index contributed by atoms with van der Waals surface area (Å²) in [7, 11) is 0. The van der Waals surface area contributed by atoms with Gasteiger partial charge in [-0.15, -0.1) is 0 Å². The van der Waals surface area contributed by atoms with E-state index in [1.807, 2.05) is 0 Å². The van der Waals surface area contributed by atoms with Crippen molar-refractivity contribution in [2.45, 2.75) is 39.2 Å². The summed E-state index contributed by atoms with van der Waals surface area (Å²) in [5.41, 5.74) is 0. The topological polar surface area (TPSA) is 62.4 Å². The summed E-state index contributed by atoms with van der Waals surface area (Å²) in [5, 5.41) is 12.6. The van der Waals surface area contributed by atoms with E-state index in [4.69, 9.17) is 9.63 Å². The van der Waals surface area contributed by atoms with E-state index < -0.39 is 13.0 Å². The van der Waals surface area contributed by atoms with Crippen LogP contribution >= 0.6 is 0 Å². The van der Waals surface area contributed by atoms with Crippen LogP contribution in [-0.2, 0) is 13.0 Å². The number of aliphatic hydroxyl groups excluding tert-OH is 1. The SMILES string of the molecule is CCCCc1noc(CN(CCO)CC(F)F)n1. The maximum atomic E-state index is 12.3. The lowest BCUT2D eigenvalue weighted by Gasteiger charge is -2.18. The van der Waals surface area contributed by atoms with Crippen molar-refractivity contribution in [3.05, 3.63) is 11.7 Å². The van der Waals surface area contributed by atoms with Gasteiger partial charge < -0.3 is 9.63 Å². The van der Waals surface area contributed by atoms with Gasteiger partial charge in [0.2, 0.25) is 5.89 Å². The molecule has 7 heteroatoms. The second-order valence-corrected chi connectivity index (χ2v) is 4.06. The van der Waals surface area contributed by atoms with Crippen LogP contribution in [0.25, 0.3) is 0 Å². The number of aryl methyl sites for hydroxylation is 1. The fourth-order valence-corrected chi connectivity index (χ4v) is 1.55. The smallest absolute Gasteiger partial charge is 0.251 e. The maximum absolute atomic E-state index is 12.3. The molecule has 0 atom stereocenters. The molecule has 104 valence electrons. The lowest BCUT2D eigenvalue weighted by molar-refractivity contribution is 0.0692. The Bertz CT molecular complexity index is 334. The molecule has 0 spiro atoms. The molecule has 1 aromatic heterocycles. The highest BCUT2D eigenvalue weighted by Gasteiger charge is 2.15. The van der Waals surface area contributed by atoms with Crippen molar-refractivity contribution in [1.82, 2.24) is 15.0 Å². The number of aliphatic hydroxyl groups is 1. The van der Waals surface area contributed by atoms with Gasteiger partial charge in [0.1, 0.15) is 0 Å². The van der Waals surface area contributed by atoms with Crippen LogP contribution in [0.5, 0.6) is 0 Å². The maximum Gasteiger partial charge on any atom is 0.251 e. The molecule has 0 aliphatic carbocycles. The van der Waals surface area contributed by atoms with Crippen molar-refractivity contribution >= 4 is 0 Å². The van der Waals surface area contributed by atoms with Crippen LogP contribution in [0, 0.1) is 0 Å².